The number of hydrogen-bond acceptors (Lipinski definition) is 1. The van der Waals surface area contributed by atoms with Gasteiger partial charge in [0.25, 0.3) is 0 Å². The number of fused-ring (bicyclic) bond motifs is 1. The van der Waals surface area contributed by atoms with E-state index in [1.54, 1.807) is 12.8 Å². The number of rotatable bonds is 1. The van der Waals surface area contributed by atoms with Gasteiger partial charge < -0.3 is 5.32 Å². The Morgan fingerprint density at radius 3 is 2.17 bits per heavy atom. The first-order valence-electron chi connectivity index (χ1n) is 5.70. The molecule has 0 spiro atoms. The summed E-state index contributed by atoms with van der Waals surface area (Å²) in [5.41, 5.74) is 0. The summed E-state index contributed by atoms with van der Waals surface area (Å²) in [5, 5.41) is 3.67. The summed E-state index contributed by atoms with van der Waals surface area (Å²) in [5.74, 6) is 3.40. The van der Waals surface area contributed by atoms with Crippen LogP contribution in [0.25, 0.3) is 0 Å². The normalized spacial score (nSPS) is 52.0. The van der Waals surface area contributed by atoms with E-state index in [2.05, 4.69) is 5.32 Å². The summed E-state index contributed by atoms with van der Waals surface area (Å²) in [6, 6.07) is 0.929. The second-order valence-electron chi connectivity index (χ2n) is 4.89. The molecule has 3 unspecified atom stereocenters. The third-order valence-corrected chi connectivity index (χ3v) is 4.29. The van der Waals surface area contributed by atoms with Gasteiger partial charge in [0.2, 0.25) is 0 Å². The highest BCUT2D eigenvalue weighted by atomic mass is 15.0. The van der Waals surface area contributed by atoms with Crippen molar-refractivity contribution in [3.8, 4) is 0 Å². The van der Waals surface area contributed by atoms with E-state index in [0.717, 1.165) is 23.8 Å². The molecular weight excluding hydrogens is 146 g/mol. The lowest BCUT2D eigenvalue weighted by Crippen LogP contribution is -2.24. The van der Waals surface area contributed by atoms with Crippen molar-refractivity contribution in [2.24, 2.45) is 17.8 Å². The zero-order chi connectivity index (χ0) is 7.97. The average molecular weight is 165 g/mol. The second-order valence-corrected chi connectivity index (χ2v) is 4.89. The molecule has 2 saturated carbocycles. The smallest absolute Gasteiger partial charge is 0.0101 e. The molecule has 0 aromatic carbocycles. The highest BCUT2D eigenvalue weighted by Gasteiger charge is 2.54. The molecule has 2 aliphatic carbocycles. The van der Waals surface area contributed by atoms with Crippen LogP contribution in [0.4, 0.5) is 0 Å². The molecule has 1 nitrogen and oxygen atoms in total. The largest absolute Gasteiger partial charge is 0.314 e. The van der Waals surface area contributed by atoms with Crippen LogP contribution in [0.1, 0.15) is 38.5 Å². The Hall–Kier alpha value is -0.0400. The molecule has 0 aromatic rings. The molecule has 0 amide bonds. The summed E-state index contributed by atoms with van der Waals surface area (Å²) >= 11 is 0. The summed E-state index contributed by atoms with van der Waals surface area (Å²) in [6.07, 6.45) is 9.04. The predicted octanol–water partition coefficient (Wildman–Crippen LogP) is 2.17. The maximum Gasteiger partial charge on any atom is 0.0101 e. The van der Waals surface area contributed by atoms with Crippen LogP contribution in [0.3, 0.4) is 0 Å². The molecule has 1 saturated heterocycles. The quantitative estimate of drug-likeness (QED) is 0.628. The predicted molar refractivity (Wildman–Crippen MR) is 50.0 cm³/mol. The van der Waals surface area contributed by atoms with Gasteiger partial charge in [-0.2, -0.15) is 0 Å². The lowest BCUT2D eigenvalue weighted by atomic mass is 10.0. The minimum atomic E-state index is 0.929. The molecule has 1 aliphatic heterocycles. The molecule has 68 valence electrons. The van der Waals surface area contributed by atoms with Crippen molar-refractivity contribution < 1.29 is 0 Å². The molecule has 1 N–H and O–H groups in total. The Morgan fingerprint density at radius 1 is 0.833 bits per heavy atom. The fraction of sp³-hybridized carbons (Fsp3) is 1.00. The fourth-order valence-electron chi connectivity index (χ4n) is 3.68. The van der Waals surface area contributed by atoms with E-state index in [0.29, 0.717) is 0 Å². The van der Waals surface area contributed by atoms with E-state index in [9.17, 15) is 0 Å². The summed E-state index contributed by atoms with van der Waals surface area (Å²) in [6.45, 7) is 1.29. The van der Waals surface area contributed by atoms with E-state index in [1.807, 2.05) is 0 Å². The van der Waals surface area contributed by atoms with Gasteiger partial charge in [0.15, 0.2) is 0 Å². The van der Waals surface area contributed by atoms with Crippen molar-refractivity contribution in [1.29, 1.82) is 0 Å². The first kappa shape index (κ1) is 7.37. The SMILES string of the molecule is C1CNC(C2C3CCCCC32)C1. The van der Waals surface area contributed by atoms with Crippen LogP contribution >= 0.6 is 0 Å². The zero-order valence-corrected chi connectivity index (χ0v) is 7.76. The molecule has 3 atom stereocenters. The van der Waals surface area contributed by atoms with Gasteiger partial charge in [0, 0.05) is 6.04 Å². The first-order chi connectivity index (χ1) is 5.97. The van der Waals surface area contributed by atoms with Crippen molar-refractivity contribution in [3.05, 3.63) is 0 Å². The highest BCUT2D eigenvalue weighted by molar-refractivity contribution is 5.05. The lowest BCUT2D eigenvalue weighted by Gasteiger charge is -2.08. The Balaban J connectivity index is 1.64. The Bertz CT molecular complexity index is 160. The minimum absolute atomic E-state index is 0.929. The Kier molecular flexibility index (Phi) is 1.68. The fourth-order valence-corrected chi connectivity index (χ4v) is 3.68. The van der Waals surface area contributed by atoms with Crippen molar-refractivity contribution in [2.45, 2.75) is 44.6 Å². The van der Waals surface area contributed by atoms with Crippen LogP contribution in [0.5, 0.6) is 0 Å². The number of hydrogen-bond donors (Lipinski definition) is 1. The Labute approximate surface area is 74.9 Å². The molecule has 12 heavy (non-hydrogen) atoms. The van der Waals surface area contributed by atoms with E-state index in [1.165, 1.54) is 32.2 Å². The van der Waals surface area contributed by atoms with E-state index in [-0.39, 0.29) is 0 Å². The minimum Gasteiger partial charge on any atom is -0.314 e. The van der Waals surface area contributed by atoms with Gasteiger partial charge in [-0.1, -0.05) is 12.8 Å². The summed E-state index contributed by atoms with van der Waals surface area (Å²) < 4.78 is 0. The molecule has 0 bridgehead atoms. The monoisotopic (exact) mass is 165 g/mol. The van der Waals surface area contributed by atoms with E-state index >= 15 is 0 Å². The molecule has 0 aromatic heterocycles. The van der Waals surface area contributed by atoms with Gasteiger partial charge in [0.1, 0.15) is 0 Å². The molecule has 1 heteroatoms. The maximum atomic E-state index is 3.67. The van der Waals surface area contributed by atoms with Gasteiger partial charge >= 0.3 is 0 Å². The van der Waals surface area contributed by atoms with Crippen molar-refractivity contribution in [1.82, 2.24) is 5.32 Å². The van der Waals surface area contributed by atoms with Crippen LogP contribution < -0.4 is 5.32 Å². The van der Waals surface area contributed by atoms with Gasteiger partial charge in [0.05, 0.1) is 0 Å². The second kappa shape index (κ2) is 2.73. The number of nitrogens with one attached hydrogen (secondary N) is 1. The van der Waals surface area contributed by atoms with Crippen LogP contribution in [0.15, 0.2) is 0 Å². The zero-order valence-electron chi connectivity index (χ0n) is 7.76. The highest BCUT2D eigenvalue weighted by Crippen LogP contribution is 2.57. The molecule has 3 fully saturated rings. The Morgan fingerprint density at radius 2 is 1.58 bits per heavy atom. The average Bonchev–Trinajstić information content (AvgIpc) is 2.58. The van der Waals surface area contributed by atoms with Crippen LogP contribution in [-0.2, 0) is 0 Å². The lowest BCUT2D eigenvalue weighted by molar-refractivity contribution is 0.480. The van der Waals surface area contributed by atoms with Gasteiger partial charge in [-0.25, -0.2) is 0 Å². The molecule has 3 aliphatic rings. The van der Waals surface area contributed by atoms with Gasteiger partial charge in [-0.15, -0.1) is 0 Å². The van der Waals surface area contributed by atoms with E-state index < -0.39 is 0 Å². The van der Waals surface area contributed by atoms with Gasteiger partial charge in [-0.3, -0.25) is 0 Å². The molecule has 0 radical (unpaired) electrons. The third-order valence-electron chi connectivity index (χ3n) is 4.29. The molecule has 1 heterocycles. The van der Waals surface area contributed by atoms with Crippen molar-refractivity contribution in [3.63, 3.8) is 0 Å². The van der Waals surface area contributed by atoms with Crippen LogP contribution in [0.2, 0.25) is 0 Å². The first-order valence-corrected chi connectivity index (χ1v) is 5.70. The van der Waals surface area contributed by atoms with Crippen molar-refractivity contribution in [2.75, 3.05) is 6.54 Å². The molecule has 3 rings (SSSR count). The van der Waals surface area contributed by atoms with E-state index in [4.69, 9.17) is 0 Å². The topological polar surface area (TPSA) is 12.0 Å². The molecular formula is C11H19N. The third kappa shape index (κ3) is 1.02. The van der Waals surface area contributed by atoms with Gasteiger partial charge in [-0.05, 0) is 50.0 Å². The van der Waals surface area contributed by atoms with Crippen LogP contribution in [0, 0.1) is 17.8 Å². The summed E-state index contributed by atoms with van der Waals surface area (Å²) in [7, 11) is 0. The van der Waals surface area contributed by atoms with Crippen LogP contribution in [-0.4, -0.2) is 12.6 Å². The maximum absolute atomic E-state index is 3.67. The standard InChI is InChI=1S/C11H19N/c1-2-5-9-8(4-1)11(9)10-6-3-7-12-10/h8-12H,1-7H2. The van der Waals surface area contributed by atoms with Crippen molar-refractivity contribution >= 4 is 0 Å². The summed E-state index contributed by atoms with van der Waals surface area (Å²) in [4.78, 5) is 0.